The van der Waals surface area contributed by atoms with Gasteiger partial charge < -0.3 is 10.2 Å². The molecule has 0 unspecified atom stereocenters. The van der Waals surface area contributed by atoms with Crippen molar-refractivity contribution in [3.05, 3.63) is 78.1 Å². The first-order valence-electron chi connectivity index (χ1n) is 8.04. The Morgan fingerprint density at radius 1 is 1.17 bits per heavy atom. The molecule has 1 aromatic carbocycles. The number of aliphatic hydroxyl groups is 1. The second-order valence-corrected chi connectivity index (χ2v) is 6.67. The molecule has 2 heteroatoms. The summed E-state index contributed by atoms with van der Waals surface area (Å²) in [6.07, 6.45) is 9.72. The van der Waals surface area contributed by atoms with E-state index in [1.54, 1.807) is 18.2 Å². The highest BCUT2D eigenvalue weighted by atomic mass is 16.3. The molecule has 122 valence electrons. The lowest BCUT2D eigenvalue weighted by atomic mass is 9.71. The van der Waals surface area contributed by atoms with Gasteiger partial charge in [0.05, 0.1) is 5.76 Å². The Morgan fingerprint density at radius 2 is 1.91 bits per heavy atom. The van der Waals surface area contributed by atoms with Crippen LogP contribution in [0.3, 0.4) is 0 Å². The average molecular weight is 310 g/mol. The maximum atomic E-state index is 10.0. The topological polar surface area (TPSA) is 40.5 Å². The molecule has 0 aliphatic heterocycles. The van der Waals surface area contributed by atoms with Crippen molar-refractivity contribution in [1.82, 2.24) is 0 Å². The van der Waals surface area contributed by atoms with Crippen molar-refractivity contribution < 1.29 is 10.2 Å². The summed E-state index contributed by atoms with van der Waals surface area (Å²) in [5.74, 6) is 0.850. The normalized spacial score (nSPS) is 18.1. The van der Waals surface area contributed by atoms with Crippen LogP contribution in [0.15, 0.2) is 67.0 Å². The van der Waals surface area contributed by atoms with Gasteiger partial charge in [-0.15, -0.1) is 13.2 Å². The zero-order valence-electron chi connectivity index (χ0n) is 14.0. The minimum Gasteiger partial charge on any atom is -0.512 e. The van der Waals surface area contributed by atoms with Crippen LogP contribution in [0.25, 0.3) is 0 Å². The molecule has 23 heavy (non-hydrogen) atoms. The standard InChI is InChI=1S/C21H26O2/c1-5-7-15-13-17(9-11-19(15)22)21(3,4)18-10-12-20(23)16(14-18)8-6-2/h5-6,9-13,16,22-23H,1-2,7-8,14H2,3-4H3/t16-/m1/s1. The van der Waals surface area contributed by atoms with Crippen molar-refractivity contribution in [1.29, 1.82) is 0 Å². The SMILES string of the molecule is C=CCc1cc(C(C)(C)C2=CC=C(O)[C@H](CC=C)C2)ccc1O. The van der Waals surface area contributed by atoms with E-state index < -0.39 is 0 Å². The van der Waals surface area contributed by atoms with Gasteiger partial charge in [0.25, 0.3) is 0 Å². The van der Waals surface area contributed by atoms with Gasteiger partial charge in [-0.3, -0.25) is 0 Å². The van der Waals surface area contributed by atoms with Crippen molar-refractivity contribution in [3.63, 3.8) is 0 Å². The van der Waals surface area contributed by atoms with Crippen molar-refractivity contribution in [2.24, 2.45) is 5.92 Å². The number of hydrogen-bond acceptors (Lipinski definition) is 2. The van der Waals surface area contributed by atoms with Crippen molar-refractivity contribution in [3.8, 4) is 5.75 Å². The molecule has 0 fully saturated rings. The first-order chi connectivity index (χ1) is 10.9. The third-order valence-corrected chi connectivity index (χ3v) is 4.76. The summed E-state index contributed by atoms with van der Waals surface area (Å²) in [5, 5.41) is 20.0. The number of aromatic hydroxyl groups is 1. The maximum absolute atomic E-state index is 10.0. The summed E-state index contributed by atoms with van der Waals surface area (Å²) in [5.41, 5.74) is 3.16. The fourth-order valence-electron chi connectivity index (χ4n) is 3.11. The Balaban J connectivity index is 2.36. The number of phenols is 1. The van der Waals surface area contributed by atoms with Gasteiger partial charge in [-0.2, -0.15) is 0 Å². The molecule has 0 saturated carbocycles. The molecule has 1 atom stereocenters. The largest absolute Gasteiger partial charge is 0.512 e. The minimum atomic E-state index is -0.166. The Bertz CT molecular complexity index is 662. The number of phenolic OH excluding ortho intramolecular Hbond substituents is 1. The molecule has 0 spiro atoms. The van der Waals surface area contributed by atoms with Crippen LogP contribution in [0, 0.1) is 5.92 Å². The van der Waals surface area contributed by atoms with Gasteiger partial charge >= 0.3 is 0 Å². The molecule has 0 radical (unpaired) electrons. The third kappa shape index (κ3) is 3.58. The summed E-state index contributed by atoms with van der Waals surface area (Å²) in [7, 11) is 0. The second-order valence-electron chi connectivity index (χ2n) is 6.67. The number of rotatable bonds is 6. The third-order valence-electron chi connectivity index (χ3n) is 4.76. The number of benzene rings is 1. The van der Waals surface area contributed by atoms with Gasteiger partial charge in [0.15, 0.2) is 0 Å². The molecule has 0 bridgehead atoms. The van der Waals surface area contributed by atoms with Gasteiger partial charge in [0.2, 0.25) is 0 Å². The number of hydrogen-bond donors (Lipinski definition) is 2. The Kier molecular flexibility index (Phi) is 5.15. The first kappa shape index (κ1) is 17.1. The molecule has 0 saturated heterocycles. The van der Waals surface area contributed by atoms with Crippen LogP contribution in [0.1, 0.15) is 37.8 Å². The molecule has 2 N–H and O–H groups in total. The first-order valence-corrected chi connectivity index (χ1v) is 8.04. The predicted octanol–water partition coefficient (Wildman–Crippen LogP) is 5.36. The van der Waals surface area contributed by atoms with E-state index >= 15 is 0 Å². The predicted molar refractivity (Wildman–Crippen MR) is 96.7 cm³/mol. The van der Waals surface area contributed by atoms with Gasteiger partial charge in [0.1, 0.15) is 5.75 Å². The van der Waals surface area contributed by atoms with E-state index in [1.807, 2.05) is 18.2 Å². The van der Waals surface area contributed by atoms with Gasteiger partial charge in [-0.05, 0) is 42.5 Å². The zero-order chi connectivity index (χ0) is 17.0. The van der Waals surface area contributed by atoms with E-state index in [0.29, 0.717) is 17.9 Å². The highest BCUT2D eigenvalue weighted by Gasteiger charge is 2.30. The Morgan fingerprint density at radius 3 is 2.57 bits per heavy atom. The minimum absolute atomic E-state index is 0.108. The van der Waals surface area contributed by atoms with Gasteiger partial charge in [-0.1, -0.05) is 49.8 Å². The highest BCUT2D eigenvalue weighted by molar-refractivity contribution is 5.45. The molecule has 1 aromatic rings. The average Bonchev–Trinajstić information content (AvgIpc) is 2.51. The van der Waals surface area contributed by atoms with E-state index in [4.69, 9.17) is 0 Å². The van der Waals surface area contributed by atoms with Crippen LogP contribution in [-0.2, 0) is 11.8 Å². The lowest BCUT2D eigenvalue weighted by Crippen LogP contribution is -2.24. The molecule has 0 heterocycles. The lowest BCUT2D eigenvalue weighted by molar-refractivity contribution is 0.318. The van der Waals surface area contributed by atoms with E-state index in [1.165, 1.54) is 5.57 Å². The highest BCUT2D eigenvalue weighted by Crippen LogP contribution is 2.40. The summed E-state index contributed by atoms with van der Waals surface area (Å²) < 4.78 is 0. The summed E-state index contributed by atoms with van der Waals surface area (Å²) in [6, 6.07) is 5.79. The van der Waals surface area contributed by atoms with Gasteiger partial charge in [-0.25, -0.2) is 0 Å². The van der Waals surface area contributed by atoms with E-state index in [9.17, 15) is 10.2 Å². The van der Waals surface area contributed by atoms with Gasteiger partial charge in [0, 0.05) is 11.3 Å². The smallest absolute Gasteiger partial charge is 0.119 e. The number of allylic oxidation sites excluding steroid dienone is 6. The summed E-state index contributed by atoms with van der Waals surface area (Å²) >= 11 is 0. The van der Waals surface area contributed by atoms with Crippen LogP contribution in [0.2, 0.25) is 0 Å². The van der Waals surface area contributed by atoms with Crippen LogP contribution in [0.5, 0.6) is 5.75 Å². The molecule has 2 rings (SSSR count). The summed E-state index contributed by atoms with van der Waals surface area (Å²) in [4.78, 5) is 0. The van der Waals surface area contributed by atoms with E-state index in [-0.39, 0.29) is 11.3 Å². The quantitative estimate of drug-likeness (QED) is 0.694. The fourth-order valence-corrected chi connectivity index (χ4v) is 3.11. The molecular formula is C21H26O2. The molecule has 0 amide bonds. The second kappa shape index (κ2) is 6.91. The van der Waals surface area contributed by atoms with Crippen LogP contribution >= 0.6 is 0 Å². The Labute approximate surface area is 139 Å². The van der Waals surface area contributed by atoms with E-state index in [2.05, 4.69) is 33.1 Å². The van der Waals surface area contributed by atoms with Crippen molar-refractivity contribution in [2.45, 2.75) is 38.5 Å². The zero-order valence-corrected chi connectivity index (χ0v) is 14.0. The van der Waals surface area contributed by atoms with Crippen molar-refractivity contribution in [2.75, 3.05) is 0 Å². The molecular weight excluding hydrogens is 284 g/mol. The van der Waals surface area contributed by atoms with Crippen LogP contribution < -0.4 is 0 Å². The fraction of sp³-hybridized carbons (Fsp3) is 0.333. The van der Waals surface area contributed by atoms with E-state index in [0.717, 1.165) is 24.0 Å². The number of aliphatic hydroxyl groups excluding tert-OH is 1. The van der Waals surface area contributed by atoms with Crippen LogP contribution in [-0.4, -0.2) is 10.2 Å². The van der Waals surface area contributed by atoms with Crippen molar-refractivity contribution >= 4 is 0 Å². The Hall–Kier alpha value is -2.22. The molecule has 1 aliphatic rings. The molecule has 2 nitrogen and oxygen atoms in total. The van der Waals surface area contributed by atoms with Crippen LogP contribution in [0.4, 0.5) is 0 Å². The molecule has 1 aliphatic carbocycles. The summed E-state index contributed by atoms with van der Waals surface area (Å²) in [6.45, 7) is 11.9. The maximum Gasteiger partial charge on any atom is 0.119 e. The molecule has 0 aromatic heterocycles. The monoisotopic (exact) mass is 310 g/mol. The lowest BCUT2D eigenvalue weighted by Gasteiger charge is -2.33.